The van der Waals surface area contributed by atoms with Crippen LogP contribution in [0.3, 0.4) is 0 Å². The molecule has 0 fully saturated rings. The van der Waals surface area contributed by atoms with Gasteiger partial charge in [0.15, 0.2) is 0 Å². The van der Waals surface area contributed by atoms with Crippen molar-refractivity contribution in [1.82, 2.24) is 9.55 Å². The maximum absolute atomic E-state index is 13.3. The van der Waals surface area contributed by atoms with Crippen LogP contribution < -0.4 is 10.6 Å². The first kappa shape index (κ1) is 16.8. The second-order valence-corrected chi connectivity index (χ2v) is 7.68. The monoisotopic (exact) mass is 386 g/mol. The summed E-state index contributed by atoms with van der Waals surface area (Å²) >= 11 is 1.64. The molecule has 0 saturated heterocycles. The Kier molecular flexibility index (Phi) is 3.98. The number of thiophene rings is 1. The van der Waals surface area contributed by atoms with E-state index in [2.05, 4.69) is 21.3 Å². The van der Waals surface area contributed by atoms with Gasteiger partial charge in [-0.15, -0.1) is 11.3 Å². The van der Waals surface area contributed by atoms with Gasteiger partial charge in [0.2, 0.25) is 5.95 Å². The highest BCUT2D eigenvalue weighted by Crippen LogP contribution is 2.40. The van der Waals surface area contributed by atoms with Crippen molar-refractivity contribution in [3.8, 4) is 0 Å². The lowest BCUT2D eigenvalue weighted by Crippen LogP contribution is -2.30. The van der Waals surface area contributed by atoms with Crippen molar-refractivity contribution in [3.63, 3.8) is 0 Å². The van der Waals surface area contributed by atoms with E-state index in [0.29, 0.717) is 5.57 Å². The lowest BCUT2D eigenvalue weighted by molar-refractivity contribution is -0.113. The van der Waals surface area contributed by atoms with Gasteiger partial charge < -0.3 is 10.6 Å². The third kappa shape index (κ3) is 2.70. The molecule has 3 heterocycles. The van der Waals surface area contributed by atoms with Crippen LogP contribution in [0.15, 0.2) is 83.4 Å². The lowest BCUT2D eigenvalue weighted by atomic mass is 10.00. The third-order valence-electron chi connectivity index (χ3n) is 4.92. The quantitative estimate of drug-likeness (QED) is 0.519. The van der Waals surface area contributed by atoms with Crippen LogP contribution in [0.25, 0.3) is 11.0 Å². The largest absolute Gasteiger partial charge is 0.329 e. The number of fused-ring (bicyclic) bond motifs is 3. The summed E-state index contributed by atoms with van der Waals surface area (Å²) in [7, 11) is 0. The first-order chi connectivity index (χ1) is 13.7. The van der Waals surface area contributed by atoms with Gasteiger partial charge >= 0.3 is 0 Å². The van der Waals surface area contributed by atoms with Crippen LogP contribution >= 0.6 is 11.3 Å². The molecule has 2 aromatic heterocycles. The van der Waals surface area contributed by atoms with Gasteiger partial charge in [0.25, 0.3) is 5.91 Å². The summed E-state index contributed by atoms with van der Waals surface area (Å²) in [5.41, 5.74) is 4.19. The predicted octanol–water partition coefficient (Wildman–Crippen LogP) is 5.03. The number of carbonyl (C=O) groups is 1. The Morgan fingerprint density at radius 3 is 2.64 bits per heavy atom. The molecule has 1 aliphatic heterocycles. The molecule has 2 N–H and O–H groups in total. The van der Waals surface area contributed by atoms with E-state index in [1.807, 2.05) is 73.0 Å². The Balaban J connectivity index is 1.66. The number of aromatic nitrogens is 2. The molecule has 0 bridgehead atoms. The van der Waals surface area contributed by atoms with Gasteiger partial charge in [0.1, 0.15) is 6.04 Å². The van der Waals surface area contributed by atoms with Crippen molar-refractivity contribution < 1.29 is 4.79 Å². The zero-order valence-corrected chi connectivity index (χ0v) is 16.0. The van der Waals surface area contributed by atoms with Crippen LogP contribution in [0.2, 0.25) is 0 Å². The van der Waals surface area contributed by atoms with E-state index in [1.165, 1.54) is 0 Å². The van der Waals surface area contributed by atoms with Crippen LogP contribution in [0.1, 0.15) is 17.8 Å². The second-order valence-electron chi connectivity index (χ2n) is 6.70. The highest BCUT2D eigenvalue weighted by Gasteiger charge is 2.34. The van der Waals surface area contributed by atoms with E-state index in [9.17, 15) is 4.79 Å². The number of hydrogen-bond donors (Lipinski definition) is 2. The molecule has 5 rings (SSSR count). The number of benzene rings is 2. The zero-order chi connectivity index (χ0) is 19.1. The molecule has 0 unspecified atom stereocenters. The minimum absolute atomic E-state index is 0.113. The Bertz CT molecular complexity index is 1190. The van der Waals surface area contributed by atoms with E-state index in [4.69, 9.17) is 4.98 Å². The Labute approximate surface area is 166 Å². The third-order valence-corrected chi connectivity index (χ3v) is 5.84. The number of carbonyl (C=O) groups excluding carboxylic acids is 1. The Morgan fingerprint density at radius 1 is 1.07 bits per heavy atom. The molecule has 138 valence electrons. The highest BCUT2D eigenvalue weighted by atomic mass is 32.1. The van der Waals surface area contributed by atoms with Gasteiger partial charge in [-0.2, -0.15) is 0 Å². The fourth-order valence-electron chi connectivity index (χ4n) is 3.69. The Hall–Kier alpha value is -3.38. The van der Waals surface area contributed by atoms with Crippen LogP contribution in [0, 0.1) is 0 Å². The molecular formula is C22H18N4OS. The average molecular weight is 386 g/mol. The standard InChI is InChI=1S/C22H18N4OS/c1-14-19(21(27)24-15-8-3-2-4-9-15)20(18-12-7-13-28-18)26-17-11-6-5-10-16(17)25-22(26)23-14/h2-13,20H,1H3,(H,23,25)(H,24,27)/t20-/m0/s1. The molecule has 1 atom stereocenters. The molecule has 0 saturated carbocycles. The zero-order valence-electron chi connectivity index (χ0n) is 15.2. The average Bonchev–Trinajstić information content (AvgIpc) is 3.35. The number of nitrogens with zero attached hydrogens (tertiary/aromatic N) is 2. The van der Waals surface area contributed by atoms with Gasteiger partial charge in [0.05, 0.1) is 16.6 Å². The summed E-state index contributed by atoms with van der Waals surface area (Å²) in [5, 5.41) is 8.41. The Morgan fingerprint density at radius 2 is 1.86 bits per heavy atom. The van der Waals surface area contributed by atoms with E-state index in [0.717, 1.165) is 33.2 Å². The molecular weight excluding hydrogens is 368 g/mol. The van der Waals surface area contributed by atoms with Crippen molar-refractivity contribution in [2.24, 2.45) is 0 Å². The van der Waals surface area contributed by atoms with Gasteiger partial charge in [0, 0.05) is 16.3 Å². The first-order valence-electron chi connectivity index (χ1n) is 9.07. The number of imidazole rings is 1. The van der Waals surface area contributed by atoms with Crippen molar-refractivity contribution in [2.75, 3.05) is 10.6 Å². The van der Waals surface area contributed by atoms with E-state index >= 15 is 0 Å². The summed E-state index contributed by atoms with van der Waals surface area (Å²) in [6.45, 7) is 1.93. The number of hydrogen-bond acceptors (Lipinski definition) is 4. The molecule has 6 heteroatoms. The van der Waals surface area contributed by atoms with Gasteiger partial charge in [-0.05, 0) is 42.6 Å². The normalized spacial score (nSPS) is 16.0. The smallest absolute Gasteiger partial charge is 0.255 e. The fraction of sp³-hybridized carbons (Fsp3) is 0.0909. The SMILES string of the molecule is CC1=C(C(=O)Nc2ccccc2)[C@H](c2cccs2)n2c(nc3ccccc32)N1. The maximum atomic E-state index is 13.3. The predicted molar refractivity (Wildman–Crippen MR) is 114 cm³/mol. The summed E-state index contributed by atoms with van der Waals surface area (Å²) in [4.78, 5) is 19.1. The number of allylic oxidation sites excluding steroid dienone is 1. The molecule has 5 nitrogen and oxygen atoms in total. The van der Waals surface area contributed by atoms with E-state index in [1.54, 1.807) is 11.3 Å². The minimum atomic E-state index is -0.229. The van der Waals surface area contributed by atoms with Crippen LogP contribution in [0.4, 0.5) is 11.6 Å². The molecule has 28 heavy (non-hydrogen) atoms. The maximum Gasteiger partial charge on any atom is 0.255 e. The van der Waals surface area contributed by atoms with Crippen LogP contribution in [0.5, 0.6) is 0 Å². The molecule has 2 aromatic carbocycles. The summed E-state index contributed by atoms with van der Waals surface area (Å²) in [6, 6.07) is 21.4. The molecule has 0 spiro atoms. The minimum Gasteiger partial charge on any atom is -0.329 e. The first-order valence-corrected chi connectivity index (χ1v) is 9.95. The van der Waals surface area contributed by atoms with E-state index in [-0.39, 0.29) is 11.9 Å². The lowest BCUT2D eigenvalue weighted by Gasteiger charge is -2.29. The molecule has 1 amide bonds. The summed E-state index contributed by atoms with van der Waals surface area (Å²) < 4.78 is 2.12. The fourth-order valence-corrected chi connectivity index (χ4v) is 4.52. The van der Waals surface area contributed by atoms with Crippen LogP contribution in [-0.4, -0.2) is 15.5 Å². The number of rotatable bonds is 3. The van der Waals surface area contributed by atoms with Crippen LogP contribution in [-0.2, 0) is 4.79 Å². The van der Waals surface area contributed by atoms with Gasteiger partial charge in [-0.3, -0.25) is 9.36 Å². The number of nitrogens with one attached hydrogen (secondary N) is 2. The van der Waals surface area contributed by atoms with Crippen molar-refractivity contribution in [3.05, 3.63) is 88.3 Å². The second kappa shape index (κ2) is 6.65. The van der Waals surface area contributed by atoms with Crippen molar-refractivity contribution in [1.29, 1.82) is 0 Å². The van der Waals surface area contributed by atoms with Crippen molar-refractivity contribution >= 4 is 39.9 Å². The molecule has 4 aromatic rings. The van der Waals surface area contributed by atoms with Gasteiger partial charge in [-0.25, -0.2) is 4.98 Å². The highest BCUT2D eigenvalue weighted by molar-refractivity contribution is 7.10. The summed E-state index contributed by atoms with van der Waals surface area (Å²) in [6.07, 6.45) is 0. The topological polar surface area (TPSA) is 59.0 Å². The molecule has 0 radical (unpaired) electrons. The number of anilines is 2. The molecule has 0 aliphatic carbocycles. The molecule has 1 aliphatic rings. The van der Waals surface area contributed by atoms with Crippen molar-refractivity contribution in [2.45, 2.75) is 13.0 Å². The number of amides is 1. The summed E-state index contributed by atoms with van der Waals surface area (Å²) in [5.74, 6) is 0.645. The number of para-hydroxylation sites is 3. The van der Waals surface area contributed by atoms with E-state index < -0.39 is 0 Å². The van der Waals surface area contributed by atoms with Gasteiger partial charge in [-0.1, -0.05) is 36.4 Å².